The molecule has 1 N–H and O–H groups in total. The summed E-state index contributed by atoms with van der Waals surface area (Å²) in [5, 5.41) is 2.97. The Balaban J connectivity index is 1.96. The maximum Gasteiger partial charge on any atom is 0.255 e. The number of nitrogens with zero attached hydrogens (tertiary/aromatic N) is 3. The average molecular weight is 292 g/mol. The van der Waals surface area contributed by atoms with Crippen molar-refractivity contribution < 1.29 is 9.53 Å². The summed E-state index contributed by atoms with van der Waals surface area (Å²) >= 11 is 0. The lowest BCUT2D eigenvalue weighted by atomic mass is 10.2. The fourth-order valence-corrected chi connectivity index (χ4v) is 2.29. The normalized spacial score (nSPS) is 15.3. The van der Waals surface area contributed by atoms with Crippen LogP contribution in [0.4, 0.5) is 5.82 Å². The number of aromatic nitrogens is 1. The second-order valence-corrected chi connectivity index (χ2v) is 5.39. The van der Waals surface area contributed by atoms with Gasteiger partial charge in [0.1, 0.15) is 5.82 Å². The molecule has 6 nitrogen and oxygen atoms in total. The molecule has 0 radical (unpaired) electrons. The van der Waals surface area contributed by atoms with Crippen molar-refractivity contribution in [3.05, 3.63) is 23.9 Å². The van der Waals surface area contributed by atoms with Gasteiger partial charge in [-0.2, -0.15) is 0 Å². The molecule has 6 heteroatoms. The van der Waals surface area contributed by atoms with Crippen molar-refractivity contribution in [3.63, 3.8) is 0 Å². The molecule has 0 atom stereocenters. The Labute approximate surface area is 126 Å². The van der Waals surface area contributed by atoms with Crippen LogP contribution in [0.15, 0.2) is 18.3 Å². The summed E-state index contributed by atoms with van der Waals surface area (Å²) in [7, 11) is 4.05. The first kappa shape index (κ1) is 15.7. The Morgan fingerprint density at radius 3 is 2.90 bits per heavy atom. The predicted molar refractivity (Wildman–Crippen MR) is 82.8 cm³/mol. The number of carbonyl (C=O) groups is 1. The van der Waals surface area contributed by atoms with Gasteiger partial charge in [0.25, 0.3) is 5.91 Å². The van der Waals surface area contributed by atoms with E-state index in [1.807, 2.05) is 20.2 Å². The van der Waals surface area contributed by atoms with Crippen LogP contribution in [0.2, 0.25) is 0 Å². The van der Waals surface area contributed by atoms with Gasteiger partial charge in [0.15, 0.2) is 0 Å². The molecule has 1 fully saturated rings. The first-order valence-electron chi connectivity index (χ1n) is 7.39. The Bertz CT molecular complexity index is 459. The minimum atomic E-state index is -0.0525. The van der Waals surface area contributed by atoms with Crippen molar-refractivity contribution in [2.45, 2.75) is 6.42 Å². The van der Waals surface area contributed by atoms with Crippen LogP contribution >= 0.6 is 0 Å². The van der Waals surface area contributed by atoms with Gasteiger partial charge in [-0.25, -0.2) is 4.98 Å². The van der Waals surface area contributed by atoms with Crippen LogP contribution < -0.4 is 10.2 Å². The molecule has 0 spiro atoms. The molecule has 0 aliphatic carbocycles. The molecule has 0 aromatic carbocycles. The first-order valence-corrected chi connectivity index (χ1v) is 7.39. The van der Waals surface area contributed by atoms with E-state index in [1.54, 1.807) is 12.3 Å². The molecule has 1 aliphatic heterocycles. The number of carbonyl (C=O) groups excluding carboxylic acids is 1. The zero-order chi connectivity index (χ0) is 15.1. The van der Waals surface area contributed by atoms with Crippen LogP contribution in [0.5, 0.6) is 0 Å². The van der Waals surface area contributed by atoms with Crippen LogP contribution in [0.3, 0.4) is 0 Å². The summed E-state index contributed by atoms with van der Waals surface area (Å²) in [5.74, 6) is 0.703. The average Bonchev–Trinajstić information content (AvgIpc) is 2.52. The third-order valence-electron chi connectivity index (χ3n) is 3.41. The number of pyridine rings is 1. The summed E-state index contributed by atoms with van der Waals surface area (Å²) < 4.78 is 5.35. The third-order valence-corrected chi connectivity index (χ3v) is 3.41. The van der Waals surface area contributed by atoms with E-state index in [9.17, 15) is 4.79 Å². The zero-order valence-corrected chi connectivity index (χ0v) is 12.8. The molecular formula is C15H24N4O2. The van der Waals surface area contributed by atoms with E-state index in [0.717, 1.165) is 31.9 Å². The molecule has 1 aromatic heterocycles. The molecule has 0 bridgehead atoms. The standard InChI is InChI=1S/C15H24N4O2/c1-18(2)8-4-7-17-15(20)13-5-3-6-16-14(13)19-9-11-21-12-10-19/h3,5-6H,4,7-12H2,1-2H3,(H,17,20). The molecule has 2 rings (SSSR count). The Hall–Kier alpha value is -1.66. The monoisotopic (exact) mass is 292 g/mol. The molecule has 2 heterocycles. The maximum absolute atomic E-state index is 12.3. The van der Waals surface area contributed by atoms with Gasteiger partial charge in [-0.1, -0.05) is 0 Å². The quantitative estimate of drug-likeness (QED) is 0.778. The van der Waals surface area contributed by atoms with Crippen molar-refractivity contribution in [1.82, 2.24) is 15.2 Å². The fourth-order valence-electron chi connectivity index (χ4n) is 2.29. The topological polar surface area (TPSA) is 57.7 Å². The highest BCUT2D eigenvalue weighted by Crippen LogP contribution is 2.18. The zero-order valence-electron chi connectivity index (χ0n) is 12.8. The summed E-state index contributed by atoms with van der Waals surface area (Å²) in [5.41, 5.74) is 0.643. The number of nitrogens with one attached hydrogen (secondary N) is 1. The van der Waals surface area contributed by atoms with E-state index in [-0.39, 0.29) is 5.91 Å². The molecular weight excluding hydrogens is 268 g/mol. The van der Waals surface area contributed by atoms with Gasteiger partial charge in [0.2, 0.25) is 0 Å². The lowest BCUT2D eigenvalue weighted by Crippen LogP contribution is -2.38. The molecule has 1 aliphatic rings. The van der Waals surface area contributed by atoms with E-state index >= 15 is 0 Å². The number of morpholine rings is 1. The van der Waals surface area contributed by atoms with E-state index < -0.39 is 0 Å². The molecule has 0 unspecified atom stereocenters. The van der Waals surface area contributed by atoms with Crippen molar-refractivity contribution >= 4 is 11.7 Å². The van der Waals surface area contributed by atoms with Gasteiger partial charge in [-0.05, 0) is 39.2 Å². The number of amides is 1. The van der Waals surface area contributed by atoms with Crippen molar-refractivity contribution in [3.8, 4) is 0 Å². The summed E-state index contributed by atoms with van der Waals surface area (Å²) in [6.45, 7) is 4.55. The number of rotatable bonds is 6. The molecule has 0 saturated carbocycles. The fraction of sp³-hybridized carbons (Fsp3) is 0.600. The van der Waals surface area contributed by atoms with Crippen LogP contribution in [-0.2, 0) is 4.74 Å². The molecule has 1 saturated heterocycles. The molecule has 1 aromatic rings. The summed E-state index contributed by atoms with van der Waals surface area (Å²) in [6.07, 6.45) is 2.67. The van der Waals surface area contributed by atoms with Crippen molar-refractivity contribution in [1.29, 1.82) is 0 Å². The van der Waals surface area contributed by atoms with Gasteiger partial charge in [0.05, 0.1) is 18.8 Å². The second kappa shape index (κ2) is 7.95. The predicted octanol–water partition coefficient (Wildman–Crippen LogP) is 0.600. The van der Waals surface area contributed by atoms with Crippen LogP contribution in [0.25, 0.3) is 0 Å². The largest absolute Gasteiger partial charge is 0.378 e. The lowest BCUT2D eigenvalue weighted by Gasteiger charge is -2.29. The Morgan fingerprint density at radius 2 is 2.19 bits per heavy atom. The van der Waals surface area contributed by atoms with E-state index in [4.69, 9.17) is 4.74 Å². The van der Waals surface area contributed by atoms with Gasteiger partial charge < -0.3 is 19.9 Å². The van der Waals surface area contributed by atoms with Gasteiger partial charge in [-0.3, -0.25) is 4.79 Å². The smallest absolute Gasteiger partial charge is 0.255 e. The van der Waals surface area contributed by atoms with Crippen molar-refractivity contribution in [2.24, 2.45) is 0 Å². The van der Waals surface area contributed by atoms with E-state index in [0.29, 0.717) is 25.3 Å². The number of anilines is 1. The highest BCUT2D eigenvalue weighted by atomic mass is 16.5. The minimum absolute atomic E-state index is 0.0525. The van der Waals surface area contributed by atoms with Crippen molar-refractivity contribution in [2.75, 3.05) is 58.4 Å². The maximum atomic E-state index is 12.3. The summed E-state index contributed by atoms with van der Waals surface area (Å²) in [6, 6.07) is 3.64. The van der Waals surface area contributed by atoms with Crippen LogP contribution in [0, 0.1) is 0 Å². The highest BCUT2D eigenvalue weighted by molar-refractivity contribution is 5.98. The minimum Gasteiger partial charge on any atom is -0.378 e. The first-order chi connectivity index (χ1) is 10.2. The van der Waals surface area contributed by atoms with Crippen LogP contribution in [-0.4, -0.2) is 69.3 Å². The van der Waals surface area contributed by atoms with Gasteiger partial charge in [0, 0.05) is 25.8 Å². The highest BCUT2D eigenvalue weighted by Gasteiger charge is 2.19. The summed E-state index contributed by atoms with van der Waals surface area (Å²) in [4.78, 5) is 20.9. The number of hydrogen-bond acceptors (Lipinski definition) is 5. The SMILES string of the molecule is CN(C)CCCNC(=O)c1cccnc1N1CCOCC1. The second-order valence-electron chi connectivity index (χ2n) is 5.39. The van der Waals surface area contributed by atoms with Gasteiger partial charge >= 0.3 is 0 Å². The van der Waals surface area contributed by atoms with E-state index in [2.05, 4.69) is 20.1 Å². The van der Waals surface area contributed by atoms with Gasteiger partial charge in [-0.15, -0.1) is 0 Å². The van der Waals surface area contributed by atoms with E-state index in [1.165, 1.54) is 0 Å². The Morgan fingerprint density at radius 1 is 1.43 bits per heavy atom. The molecule has 1 amide bonds. The molecule has 116 valence electrons. The Kier molecular flexibility index (Phi) is 5.95. The lowest BCUT2D eigenvalue weighted by molar-refractivity contribution is 0.0950. The number of ether oxygens (including phenoxy) is 1. The number of hydrogen-bond donors (Lipinski definition) is 1. The molecule has 21 heavy (non-hydrogen) atoms. The third kappa shape index (κ3) is 4.68. The van der Waals surface area contributed by atoms with Crippen LogP contribution in [0.1, 0.15) is 16.8 Å².